The second kappa shape index (κ2) is 7.87. The first-order valence-corrected chi connectivity index (χ1v) is 9.33. The maximum atomic E-state index is 12.7. The van der Waals surface area contributed by atoms with Crippen molar-refractivity contribution >= 4 is 10.0 Å². The summed E-state index contributed by atoms with van der Waals surface area (Å²) in [6.07, 6.45) is 8.89. The van der Waals surface area contributed by atoms with E-state index in [4.69, 9.17) is 5.73 Å². The van der Waals surface area contributed by atoms with E-state index in [1.165, 1.54) is 0 Å². The van der Waals surface area contributed by atoms with E-state index in [2.05, 4.69) is 4.98 Å². The molecule has 21 heavy (non-hydrogen) atoms. The summed E-state index contributed by atoms with van der Waals surface area (Å²) < 4.78 is 27.0. The molecule has 1 heterocycles. The molecule has 0 saturated heterocycles. The monoisotopic (exact) mass is 311 g/mol. The molecule has 0 bridgehead atoms. The third-order valence-electron chi connectivity index (χ3n) is 4.07. The summed E-state index contributed by atoms with van der Waals surface area (Å²) in [5.74, 6) is 0.165. The molecule has 1 aromatic rings. The Hall–Kier alpha value is -0.980. The van der Waals surface area contributed by atoms with E-state index in [1.807, 2.05) is 12.1 Å². The largest absolute Gasteiger partial charge is 0.330 e. The Kier molecular flexibility index (Phi) is 6.14. The molecule has 1 aliphatic rings. The van der Waals surface area contributed by atoms with Crippen LogP contribution in [-0.4, -0.2) is 42.6 Å². The molecule has 0 unspecified atom stereocenters. The van der Waals surface area contributed by atoms with Crippen LogP contribution < -0.4 is 5.73 Å². The summed E-state index contributed by atoms with van der Waals surface area (Å²) in [5, 5.41) is 0. The number of aryl methyl sites for hydroxylation is 1. The summed E-state index contributed by atoms with van der Waals surface area (Å²) in [5.41, 5.74) is 6.57. The van der Waals surface area contributed by atoms with Crippen LogP contribution in [-0.2, 0) is 16.4 Å². The second-order valence-corrected chi connectivity index (χ2v) is 7.65. The van der Waals surface area contributed by atoms with Gasteiger partial charge in [0.05, 0.1) is 5.75 Å². The van der Waals surface area contributed by atoms with E-state index < -0.39 is 10.0 Å². The summed E-state index contributed by atoms with van der Waals surface area (Å²) in [6.45, 7) is 1.09. The van der Waals surface area contributed by atoms with Gasteiger partial charge in [-0.15, -0.1) is 0 Å². The molecule has 1 aliphatic carbocycles. The SMILES string of the molecule is NCCCN(C1CCCC1)S(=O)(=O)CCc1ccncc1. The fourth-order valence-electron chi connectivity index (χ4n) is 2.90. The molecule has 2 rings (SSSR count). The van der Waals surface area contributed by atoms with Crippen LogP contribution in [0.25, 0.3) is 0 Å². The topological polar surface area (TPSA) is 76.3 Å². The van der Waals surface area contributed by atoms with Gasteiger partial charge in [0.2, 0.25) is 10.0 Å². The Morgan fingerprint density at radius 3 is 2.52 bits per heavy atom. The molecule has 1 aromatic heterocycles. The van der Waals surface area contributed by atoms with Crippen molar-refractivity contribution in [2.24, 2.45) is 5.73 Å². The summed E-state index contributed by atoms with van der Waals surface area (Å²) in [7, 11) is -3.22. The number of rotatable bonds is 8. The number of aromatic nitrogens is 1. The molecule has 0 amide bonds. The molecule has 0 atom stereocenters. The van der Waals surface area contributed by atoms with Gasteiger partial charge in [-0.05, 0) is 49.9 Å². The number of nitrogens with two attached hydrogens (primary N) is 1. The zero-order chi connectivity index (χ0) is 15.1. The predicted octanol–water partition coefficient (Wildman–Crippen LogP) is 1.55. The highest BCUT2D eigenvalue weighted by Gasteiger charge is 2.31. The minimum atomic E-state index is -3.22. The van der Waals surface area contributed by atoms with Crippen LogP contribution >= 0.6 is 0 Å². The standard InChI is InChI=1S/C15H25N3O2S/c16-9-3-12-18(15-4-1-2-5-15)21(19,20)13-8-14-6-10-17-11-7-14/h6-7,10-11,15H,1-5,8-9,12-13,16H2. The average molecular weight is 311 g/mol. The van der Waals surface area contributed by atoms with Gasteiger partial charge in [0.15, 0.2) is 0 Å². The zero-order valence-corrected chi connectivity index (χ0v) is 13.3. The lowest BCUT2D eigenvalue weighted by molar-refractivity contribution is 0.320. The van der Waals surface area contributed by atoms with Crippen LogP contribution in [0.1, 0.15) is 37.7 Å². The van der Waals surface area contributed by atoms with Crippen molar-refractivity contribution in [3.05, 3.63) is 30.1 Å². The van der Waals surface area contributed by atoms with Crippen molar-refractivity contribution in [1.82, 2.24) is 9.29 Å². The van der Waals surface area contributed by atoms with Gasteiger partial charge < -0.3 is 5.73 Å². The Balaban J connectivity index is 2.01. The van der Waals surface area contributed by atoms with Crippen LogP contribution in [0.2, 0.25) is 0 Å². The van der Waals surface area contributed by atoms with E-state index >= 15 is 0 Å². The van der Waals surface area contributed by atoms with Crippen molar-refractivity contribution in [3.8, 4) is 0 Å². The van der Waals surface area contributed by atoms with Crippen LogP contribution in [0, 0.1) is 0 Å². The van der Waals surface area contributed by atoms with E-state index in [0.29, 0.717) is 19.5 Å². The maximum Gasteiger partial charge on any atom is 0.214 e. The molecule has 5 nitrogen and oxygen atoms in total. The predicted molar refractivity (Wildman–Crippen MR) is 84.4 cm³/mol. The highest BCUT2D eigenvalue weighted by molar-refractivity contribution is 7.89. The van der Waals surface area contributed by atoms with Crippen molar-refractivity contribution in [2.45, 2.75) is 44.6 Å². The van der Waals surface area contributed by atoms with Gasteiger partial charge in [-0.2, -0.15) is 4.31 Å². The smallest absolute Gasteiger partial charge is 0.214 e. The summed E-state index contributed by atoms with van der Waals surface area (Å²) >= 11 is 0. The maximum absolute atomic E-state index is 12.7. The number of hydrogen-bond acceptors (Lipinski definition) is 4. The Morgan fingerprint density at radius 2 is 1.90 bits per heavy atom. The quantitative estimate of drug-likeness (QED) is 0.790. The lowest BCUT2D eigenvalue weighted by Gasteiger charge is -2.28. The third-order valence-corrected chi connectivity index (χ3v) is 5.99. The Labute approximate surface area is 127 Å². The molecular formula is C15H25N3O2S. The third kappa shape index (κ3) is 4.76. The lowest BCUT2D eigenvalue weighted by Crippen LogP contribution is -2.41. The van der Waals surface area contributed by atoms with Crippen LogP contribution in [0.4, 0.5) is 0 Å². The number of pyridine rings is 1. The normalized spacial score (nSPS) is 16.7. The minimum absolute atomic E-state index is 0.165. The zero-order valence-electron chi connectivity index (χ0n) is 12.4. The molecule has 2 N–H and O–H groups in total. The second-order valence-electron chi connectivity index (χ2n) is 5.61. The molecule has 1 fully saturated rings. The van der Waals surface area contributed by atoms with E-state index in [0.717, 1.165) is 37.7 Å². The molecule has 118 valence electrons. The highest BCUT2D eigenvalue weighted by atomic mass is 32.2. The Bertz CT molecular complexity index is 513. The van der Waals surface area contributed by atoms with Crippen molar-refractivity contribution in [3.63, 3.8) is 0 Å². The summed E-state index contributed by atoms with van der Waals surface area (Å²) in [6, 6.07) is 3.92. The Morgan fingerprint density at radius 1 is 1.24 bits per heavy atom. The van der Waals surface area contributed by atoms with Gasteiger partial charge >= 0.3 is 0 Å². The van der Waals surface area contributed by atoms with E-state index in [9.17, 15) is 8.42 Å². The van der Waals surface area contributed by atoms with E-state index in [-0.39, 0.29) is 11.8 Å². The molecule has 0 aromatic carbocycles. The van der Waals surface area contributed by atoms with Crippen molar-refractivity contribution in [1.29, 1.82) is 0 Å². The number of nitrogens with zero attached hydrogens (tertiary/aromatic N) is 2. The van der Waals surface area contributed by atoms with E-state index in [1.54, 1.807) is 16.7 Å². The van der Waals surface area contributed by atoms with Crippen LogP contribution in [0.5, 0.6) is 0 Å². The van der Waals surface area contributed by atoms with Gasteiger partial charge in [0.1, 0.15) is 0 Å². The average Bonchev–Trinajstić information content (AvgIpc) is 3.00. The lowest BCUT2D eigenvalue weighted by atomic mass is 10.2. The molecule has 0 spiro atoms. The first-order valence-electron chi connectivity index (χ1n) is 7.72. The highest BCUT2D eigenvalue weighted by Crippen LogP contribution is 2.26. The fourth-order valence-corrected chi connectivity index (χ4v) is 4.70. The molecule has 1 saturated carbocycles. The van der Waals surface area contributed by atoms with Gasteiger partial charge in [0, 0.05) is 25.0 Å². The first kappa shape index (κ1) is 16.4. The molecule has 0 radical (unpaired) electrons. The van der Waals surface area contributed by atoms with Gasteiger partial charge in [-0.25, -0.2) is 8.42 Å². The molecule has 6 heteroatoms. The molecular weight excluding hydrogens is 286 g/mol. The van der Waals surface area contributed by atoms with Crippen LogP contribution in [0.15, 0.2) is 24.5 Å². The van der Waals surface area contributed by atoms with Crippen LogP contribution in [0.3, 0.4) is 0 Å². The van der Waals surface area contributed by atoms with Crippen molar-refractivity contribution in [2.75, 3.05) is 18.8 Å². The number of sulfonamides is 1. The van der Waals surface area contributed by atoms with Crippen molar-refractivity contribution < 1.29 is 8.42 Å². The van der Waals surface area contributed by atoms with Gasteiger partial charge in [-0.1, -0.05) is 12.8 Å². The first-order chi connectivity index (χ1) is 10.1. The number of hydrogen-bond donors (Lipinski definition) is 1. The fraction of sp³-hybridized carbons (Fsp3) is 0.667. The molecule has 0 aliphatic heterocycles. The van der Waals surface area contributed by atoms with Gasteiger partial charge in [-0.3, -0.25) is 4.98 Å². The summed E-state index contributed by atoms with van der Waals surface area (Å²) in [4.78, 5) is 3.95. The minimum Gasteiger partial charge on any atom is -0.330 e. The van der Waals surface area contributed by atoms with Gasteiger partial charge in [0.25, 0.3) is 0 Å².